The number of hydrogen-bond donors (Lipinski definition) is 1. The summed E-state index contributed by atoms with van der Waals surface area (Å²) in [5, 5.41) is 3.56. The van der Waals surface area contributed by atoms with Gasteiger partial charge in [0.2, 0.25) is 0 Å². The van der Waals surface area contributed by atoms with E-state index in [1.807, 2.05) is 0 Å². The number of nitrogens with one attached hydrogen (secondary N) is 1. The summed E-state index contributed by atoms with van der Waals surface area (Å²) in [4.78, 5) is 0. The van der Waals surface area contributed by atoms with Gasteiger partial charge in [-0.15, -0.1) is 11.8 Å². The van der Waals surface area contributed by atoms with E-state index < -0.39 is 0 Å². The lowest BCUT2D eigenvalue weighted by Gasteiger charge is -2.14. The van der Waals surface area contributed by atoms with Crippen LogP contribution in [0.5, 0.6) is 0 Å². The standard InChI is InChI=1S/C12H13ClFN/c1-3-4-5-12(15-2)10-8-9(13)6-7-11(10)14/h6-8,12,15H,5H2,1-2H3. The number of halogens is 2. The predicted molar refractivity (Wildman–Crippen MR) is 61.3 cm³/mol. The summed E-state index contributed by atoms with van der Waals surface area (Å²) in [7, 11) is 1.78. The Morgan fingerprint density at radius 1 is 1.53 bits per heavy atom. The molecular weight excluding hydrogens is 213 g/mol. The van der Waals surface area contributed by atoms with Crippen molar-refractivity contribution in [1.82, 2.24) is 5.32 Å². The molecule has 0 saturated carbocycles. The Kier molecular flexibility index (Phi) is 4.61. The molecule has 0 aromatic heterocycles. The molecule has 0 radical (unpaired) electrons. The first kappa shape index (κ1) is 12.0. The Balaban J connectivity index is 2.98. The summed E-state index contributed by atoms with van der Waals surface area (Å²) in [6.45, 7) is 1.76. The zero-order chi connectivity index (χ0) is 11.3. The van der Waals surface area contributed by atoms with Gasteiger partial charge in [-0.25, -0.2) is 4.39 Å². The quantitative estimate of drug-likeness (QED) is 0.780. The highest BCUT2D eigenvalue weighted by Crippen LogP contribution is 2.23. The van der Waals surface area contributed by atoms with Crippen LogP contribution in [0.15, 0.2) is 18.2 Å². The molecule has 0 fully saturated rings. The average molecular weight is 226 g/mol. The van der Waals surface area contributed by atoms with Crippen LogP contribution < -0.4 is 5.32 Å². The summed E-state index contributed by atoms with van der Waals surface area (Å²) in [6.07, 6.45) is 0.574. The van der Waals surface area contributed by atoms with Crippen LogP contribution in [-0.2, 0) is 0 Å². The Labute approximate surface area is 94.6 Å². The van der Waals surface area contributed by atoms with Gasteiger partial charge in [-0.05, 0) is 32.2 Å². The third-order valence-corrected chi connectivity index (χ3v) is 2.40. The Bertz CT molecular complexity index is 392. The minimum atomic E-state index is -0.253. The predicted octanol–water partition coefficient (Wildman–Crippen LogP) is 3.15. The van der Waals surface area contributed by atoms with Gasteiger partial charge in [0.05, 0.1) is 0 Å². The number of hydrogen-bond acceptors (Lipinski definition) is 1. The van der Waals surface area contributed by atoms with Gasteiger partial charge in [0.1, 0.15) is 5.82 Å². The van der Waals surface area contributed by atoms with E-state index in [2.05, 4.69) is 17.2 Å². The van der Waals surface area contributed by atoms with E-state index in [0.717, 1.165) is 0 Å². The van der Waals surface area contributed by atoms with Crippen LogP contribution in [0.1, 0.15) is 24.9 Å². The molecule has 1 atom stereocenters. The van der Waals surface area contributed by atoms with Gasteiger partial charge in [-0.3, -0.25) is 0 Å². The molecule has 80 valence electrons. The maximum atomic E-state index is 13.5. The molecule has 1 N–H and O–H groups in total. The van der Waals surface area contributed by atoms with Crippen molar-refractivity contribution in [3.05, 3.63) is 34.6 Å². The fraction of sp³-hybridized carbons (Fsp3) is 0.333. The van der Waals surface area contributed by atoms with Crippen molar-refractivity contribution in [1.29, 1.82) is 0 Å². The molecule has 1 nitrogen and oxygen atoms in total. The second kappa shape index (κ2) is 5.75. The van der Waals surface area contributed by atoms with E-state index in [4.69, 9.17) is 11.6 Å². The lowest BCUT2D eigenvalue weighted by atomic mass is 10.0. The van der Waals surface area contributed by atoms with E-state index in [0.29, 0.717) is 17.0 Å². The van der Waals surface area contributed by atoms with Crippen LogP contribution in [0.4, 0.5) is 4.39 Å². The molecule has 0 amide bonds. The molecule has 0 spiro atoms. The third-order valence-electron chi connectivity index (χ3n) is 2.16. The van der Waals surface area contributed by atoms with Crippen molar-refractivity contribution in [2.75, 3.05) is 7.05 Å². The lowest BCUT2D eigenvalue weighted by Crippen LogP contribution is -2.17. The molecule has 15 heavy (non-hydrogen) atoms. The van der Waals surface area contributed by atoms with E-state index in [-0.39, 0.29) is 11.9 Å². The molecule has 0 heterocycles. The monoisotopic (exact) mass is 225 g/mol. The summed E-state index contributed by atoms with van der Waals surface area (Å²) in [5.41, 5.74) is 0.563. The van der Waals surface area contributed by atoms with Crippen LogP contribution in [-0.4, -0.2) is 7.05 Å². The minimum absolute atomic E-state index is 0.115. The van der Waals surface area contributed by atoms with Gasteiger partial charge >= 0.3 is 0 Å². The van der Waals surface area contributed by atoms with Gasteiger partial charge in [-0.2, -0.15) is 0 Å². The first-order chi connectivity index (χ1) is 7.19. The lowest BCUT2D eigenvalue weighted by molar-refractivity contribution is 0.544. The van der Waals surface area contributed by atoms with Gasteiger partial charge in [0.15, 0.2) is 0 Å². The molecule has 0 aliphatic carbocycles. The summed E-state index contributed by atoms with van der Waals surface area (Å²) in [5.74, 6) is 5.46. The SMILES string of the molecule is CC#CCC(NC)c1cc(Cl)ccc1F. The molecule has 0 saturated heterocycles. The van der Waals surface area contributed by atoms with Gasteiger partial charge in [0, 0.05) is 23.0 Å². The van der Waals surface area contributed by atoms with Crippen molar-refractivity contribution >= 4 is 11.6 Å². The molecule has 0 bridgehead atoms. The normalized spacial score (nSPS) is 11.7. The first-order valence-electron chi connectivity index (χ1n) is 4.71. The Hall–Kier alpha value is -1.04. The highest BCUT2D eigenvalue weighted by atomic mass is 35.5. The van der Waals surface area contributed by atoms with Crippen molar-refractivity contribution in [2.24, 2.45) is 0 Å². The fourth-order valence-electron chi connectivity index (χ4n) is 1.35. The summed E-state index contributed by atoms with van der Waals surface area (Å²) in [6, 6.07) is 4.44. The molecule has 1 rings (SSSR count). The second-order valence-corrected chi connectivity index (χ2v) is 3.57. The topological polar surface area (TPSA) is 12.0 Å². The van der Waals surface area contributed by atoms with E-state index in [9.17, 15) is 4.39 Å². The highest BCUT2D eigenvalue weighted by Gasteiger charge is 2.13. The van der Waals surface area contributed by atoms with Crippen LogP contribution in [0, 0.1) is 17.7 Å². The highest BCUT2D eigenvalue weighted by molar-refractivity contribution is 6.30. The maximum Gasteiger partial charge on any atom is 0.128 e. The first-order valence-corrected chi connectivity index (χ1v) is 5.08. The molecular formula is C12H13ClFN. The van der Waals surface area contributed by atoms with Crippen molar-refractivity contribution in [2.45, 2.75) is 19.4 Å². The zero-order valence-corrected chi connectivity index (χ0v) is 9.53. The molecule has 3 heteroatoms. The van der Waals surface area contributed by atoms with Gasteiger partial charge in [-0.1, -0.05) is 11.6 Å². The third kappa shape index (κ3) is 3.23. The van der Waals surface area contributed by atoms with Gasteiger partial charge < -0.3 is 5.32 Å². The molecule has 1 unspecified atom stereocenters. The van der Waals surface area contributed by atoms with E-state index in [1.165, 1.54) is 6.07 Å². The molecule has 1 aromatic rings. The van der Waals surface area contributed by atoms with Crippen molar-refractivity contribution < 1.29 is 4.39 Å². The van der Waals surface area contributed by atoms with E-state index >= 15 is 0 Å². The minimum Gasteiger partial charge on any atom is -0.312 e. The second-order valence-electron chi connectivity index (χ2n) is 3.14. The van der Waals surface area contributed by atoms with Crippen LogP contribution >= 0.6 is 11.6 Å². The average Bonchev–Trinajstić information content (AvgIpc) is 2.24. The smallest absolute Gasteiger partial charge is 0.128 e. The number of benzene rings is 1. The molecule has 0 aliphatic rings. The summed E-state index contributed by atoms with van der Waals surface area (Å²) < 4.78 is 13.5. The Morgan fingerprint density at radius 2 is 2.27 bits per heavy atom. The fourth-order valence-corrected chi connectivity index (χ4v) is 1.53. The molecule has 1 aromatic carbocycles. The number of rotatable bonds is 3. The van der Waals surface area contributed by atoms with Crippen molar-refractivity contribution in [3.8, 4) is 11.8 Å². The molecule has 0 aliphatic heterocycles. The van der Waals surface area contributed by atoms with Crippen molar-refractivity contribution in [3.63, 3.8) is 0 Å². The summed E-state index contributed by atoms with van der Waals surface area (Å²) >= 11 is 5.82. The van der Waals surface area contributed by atoms with Crippen LogP contribution in [0.2, 0.25) is 5.02 Å². The Morgan fingerprint density at radius 3 is 2.87 bits per heavy atom. The maximum absolute atomic E-state index is 13.5. The van der Waals surface area contributed by atoms with Crippen LogP contribution in [0.3, 0.4) is 0 Å². The largest absolute Gasteiger partial charge is 0.312 e. The van der Waals surface area contributed by atoms with E-state index in [1.54, 1.807) is 26.1 Å². The van der Waals surface area contributed by atoms with Gasteiger partial charge in [0.25, 0.3) is 0 Å². The zero-order valence-electron chi connectivity index (χ0n) is 8.77. The van der Waals surface area contributed by atoms with Crippen LogP contribution in [0.25, 0.3) is 0 Å².